The molecule has 0 spiro atoms. The van der Waals surface area contributed by atoms with Crippen molar-refractivity contribution in [2.75, 3.05) is 32.9 Å². The van der Waals surface area contributed by atoms with E-state index in [4.69, 9.17) is 14.5 Å². The summed E-state index contributed by atoms with van der Waals surface area (Å²) in [6, 6.07) is 7.82. The Morgan fingerprint density at radius 1 is 1.18 bits per heavy atom. The molecule has 182 valence electrons. The Hall–Kier alpha value is -3.20. The minimum atomic E-state index is -0.236. The first-order valence-corrected chi connectivity index (χ1v) is 12.2. The number of amides is 1. The van der Waals surface area contributed by atoms with Gasteiger partial charge in [-0.25, -0.2) is 4.98 Å². The lowest BCUT2D eigenvalue weighted by Crippen LogP contribution is -2.41. The Morgan fingerprint density at radius 3 is 2.74 bits per heavy atom. The second kappa shape index (κ2) is 11.3. The van der Waals surface area contributed by atoms with Gasteiger partial charge >= 0.3 is 0 Å². The van der Waals surface area contributed by atoms with Crippen molar-refractivity contribution in [3.8, 4) is 5.75 Å². The Balaban J connectivity index is 1.60. The number of fused-ring (bicyclic) bond motifs is 1. The van der Waals surface area contributed by atoms with E-state index in [1.165, 1.54) is 0 Å². The van der Waals surface area contributed by atoms with Crippen LogP contribution in [0.3, 0.4) is 0 Å². The molecule has 0 bridgehead atoms. The normalized spacial score (nSPS) is 14.0. The van der Waals surface area contributed by atoms with Crippen LogP contribution in [0.2, 0.25) is 0 Å². The van der Waals surface area contributed by atoms with Gasteiger partial charge in [0.1, 0.15) is 17.1 Å². The molecule has 1 aliphatic heterocycles. The number of benzene rings is 1. The second-order valence-corrected chi connectivity index (χ2v) is 8.51. The molecule has 1 amide bonds. The van der Waals surface area contributed by atoms with Gasteiger partial charge < -0.3 is 19.4 Å². The van der Waals surface area contributed by atoms with Crippen LogP contribution in [-0.4, -0.2) is 63.5 Å². The van der Waals surface area contributed by atoms with Gasteiger partial charge in [0.05, 0.1) is 32.1 Å². The molecule has 1 aliphatic rings. The van der Waals surface area contributed by atoms with E-state index in [9.17, 15) is 9.59 Å². The lowest BCUT2D eigenvalue weighted by atomic mass is 10.1. The predicted molar refractivity (Wildman–Crippen MR) is 129 cm³/mol. The van der Waals surface area contributed by atoms with Crippen molar-refractivity contribution in [3.63, 3.8) is 0 Å². The first-order chi connectivity index (χ1) is 16.6. The van der Waals surface area contributed by atoms with Crippen molar-refractivity contribution < 1.29 is 14.3 Å². The minimum Gasteiger partial charge on any atom is -0.493 e. The molecule has 0 unspecified atom stereocenters. The predicted octanol–water partition coefficient (Wildman–Crippen LogP) is 2.70. The Bertz CT molecular complexity index is 1180. The summed E-state index contributed by atoms with van der Waals surface area (Å²) < 4.78 is 12.8. The number of para-hydroxylation sites is 1. The molecule has 0 radical (unpaired) electrons. The molecule has 1 N–H and O–H groups in total. The molecular weight excluding hydrogens is 434 g/mol. The molecule has 34 heavy (non-hydrogen) atoms. The fraction of sp³-hybridized carbons (Fsp3) is 0.520. The number of ether oxygens (including phenoxy) is 2. The van der Waals surface area contributed by atoms with Gasteiger partial charge in [-0.3, -0.25) is 14.3 Å². The zero-order valence-electron chi connectivity index (χ0n) is 20.0. The first-order valence-electron chi connectivity index (χ1n) is 12.2. The quantitative estimate of drug-likeness (QED) is 0.492. The number of H-pyrrole nitrogens is 1. The summed E-state index contributed by atoms with van der Waals surface area (Å²) in [6.07, 6.45) is 3.26. The standard InChI is InChI=1S/C25H33N5O4/c1-3-7-19-23-24(30(28-19)11-10-22(31)29-12-15-33-16-13-29)25(32)27-21(26-23)17-18-8-5-6-9-20(18)34-14-4-2/h5-6,8-9H,3-4,7,10-17H2,1-2H3,(H,26,27,32). The fourth-order valence-corrected chi connectivity index (χ4v) is 4.20. The van der Waals surface area contributed by atoms with Crippen molar-refractivity contribution in [1.29, 1.82) is 0 Å². The van der Waals surface area contributed by atoms with Crippen LogP contribution in [0, 0.1) is 0 Å². The zero-order chi connectivity index (χ0) is 23.9. The van der Waals surface area contributed by atoms with E-state index in [0.717, 1.165) is 29.8 Å². The summed E-state index contributed by atoms with van der Waals surface area (Å²) in [6.45, 7) is 7.46. The van der Waals surface area contributed by atoms with Gasteiger partial charge in [-0.15, -0.1) is 0 Å². The third-order valence-electron chi connectivity index (χ3n) is 5.90. The smallest absolute Gasteiger partial charge is 0.277 e. The number of hydrogen-bond donors (Lipinski definition) is 1. The van der Waals surface area contributed by atoms with E-state index in [2.05, 4.69) is 23.9 Å². The van der Waals surface area contributed by atoms with Gasteiger partial charge in [-0.1, -0.05) is 38.5 Å². The maximum atomic E-state index is 13.1. The second-order valence-electron chi connectivity index (χ2n) is 8.51. The van der Waals surface area contributed by atoms with Gasteiger partial charge in [0, 0.05) is 31.5 Å². The summed E-state index contributed by atoms with van der Waals surface area (Å²) in [4.78, 5) is 35.3. The van der Waals surface area contributed by atoms with Gasteiger partial charge in [-0.05, 0) is 18.9 Å². The topological polar surface area (TPSA) is 102 Å². The van der Waals surface area contributed by atoms with Gasteiger partial charge in [0.2, 0.25) is 5.91 Å². The summed E-state index contributed by atoms with van der Waals surface area (Å²) in [5, 5.41) is 4.68. The zero-order valence-corrected chi connectivity index (χ0v) is 20.0. The molecular formula is C25H33N5O4. The summed E-state index contributed by atoms with van der Waals surface area (Å²) in [5.74, 6) is 1.43. The van der Waals surface area contributed by atoms with Crippen LogP contribution in [0.25, 0.3) is 11.0 Å². The van der Waals surface area contributed by atoms with Crippen LogP contribution in [0.4, 0.5) is 0 Å². The summed E-state index contributed by atoms with van der Waals surface area (Å²) in [5.41, 5.74) is 2.57. The average molecular weight is 468 g/mol. The van der Waals surface area contributed by atoms with E-state index in [-0.39, 0.29) is 17.9 Å². The van der Waals surface area contributed by atoms with E-state index in [1.807, 2.05) is 24.3 Å². The molecule has 9 nitrogen and oxygen atoms in total. The maximum Gasteiger partial charge on any atom is 0.277 e. The molecule has 1 saturated heterocycles. The molecule has 4 rings (SSSR count). The number of aromatic amines is 1. The van der Waals surface area contributed by atoms with Crippen LogP contribution >= 0.6 is 0 Å². The highest BCUT2D eigenvalue weighted by molar-refractivity contribution is 5.78. The molecule has 0 atom stereocenters. The number of aryl methyl sites for hydroxylation is 2. The maximum absolute atomic E-state index is 13.1. The van der Waals surface area contributed by atoms with Crippen LogP contribution in [0.5, 0.6) is 5.75 Å². The number of carbonyl (C=O) groups is 1. The lowest BCUT2D eigenvalue weighted by Gasteiger charge is -2.26. The van der Waals surface area contributed by atoms with Gasteiger partial charge in [0.25, 0.3) is 5.56 Å². The van der Waals surface area contributed by atoms with Crippen molar-refractivity contribution in [2.45, 2.75) is 52.5 Å². The van der Waals surface area contributed by atoms with Crippen molar-refractivity contribution in [1.82, 2.24) is 24.6 Å². The molecule has 0 saturated carbocycles. The summed E-state index contributed by atoms with van der Waals surface area (Å²) >= 11 is 0. The molecule has 1 fully saturated rings. The van der Waals surface area contributed by atoms with E-state index >= 15 is 0 Å². The molecule has 2 aromatic heterocycles. The van der Waals surface area contributed by atoms with Gasteiger partial charge in [0.15, 0.2) is 5.52 Å². The van der Waals surface area contributed by atoms with Crippen LogP contribution < -0.4 is 10.3 Å². The molecule has 1 aromatic carbocycles. The minimum absolute atomic E-state index is 0.0497. The van der Waals surface area contributed by atoms with Crippen LogP contribution in [0.15, 0.2) is 29.1 Å². The third-order valence-corrected chi connectivity index (χ3v) is 5.90. The molecule has 0 aliphatic carbocycles. The highest BCUT2D eigenvalue weighted by Crippen LogP contribution is 2.22. The highest BCUT2D eigenvalue weighted by Gasteiger charge is 2.20. The monoisotopic (exact) mass is 467 g/mol. The summed E-state index contributed by atoms with van der Waals surface area (Å²) in [7, 11) is 0. The number of carbonyl (C=O) groups excluding carboxylic acids is 1. The Kier molecular flexibility index (Phi) is 7.95. The number of morpholine rings is 1. The van der Waals surface area contributed by atoms with Crippen molar-refractivity contribution >= 4 is 16.9 Å². The molecule has 9 heteroatoms. The number of nitrogens with one attached hydrogen (secondary N) is 1. The third kappa shape index (κ3) is 5.47. The Morgan fingerprint density at radius 2 is 1.97 bits per heavy atom. The largest absolute Gasteiger partial charge is 0.493 e. The van der Waals surface area contributed by atoms with Crippen molar-refractivity contribution in [3.05, 3.63) is 51.7 Å². The first kappa shape index (κ1) is 23.9. The highest BCUT2D eigenvalue weighted by atomic mass is 16.5. The molecule has 3 aromatic rings. The SMILES string of the molecule is CCCOc1ccccc1Cc1nc2c(CCC)nn(CCC(=O)N3CCOCC3)c2c(=O)[nH]1. The lowest BCUT2D eigenvalue weighted by molar-refractivity contribution is -0.135. The fourth-order valence-electron chi connectivity index (χ4n) is 4.20. The van der Waals surface area contributed by atoms with Crippen LogP contribution in [0.1, 0.15) is 50.2 Å². The van der Waals surface area contributed by atoms with Crippen LogP contribution in [-0.2, 0) is 28.9 Å². The van der Waals surface area contributed by atoms with E-state index < -0.39 is 0 Å². The average Bonchev–Trinajstić information content (AvgIpc) is 3.20. The van der Waals surface area contributed by atoms with Crippen molar-refractivity contribution in [2.24, 2.45) is 0 Å². The molecule has 3 heterocycles. The van der Waals surface area contributed by atoms with E-state index in [1.54, 1.807) is 9.58 Å². The Labute approximate surface area is 199 Å². The number of rotatable bonds is 10. The van der Waals surface area contributed by atoms with E-state index in [0.29, 0.717) is 69.2 Å². The van der Waals surface area contributed by atoms with Gasteiger partial charge in [-0.2, -0.15) is 5.10 Å². The number of hydrogen-bond acceptors (Lipinski definition) is 6. The number of aromatic nitrogens is 4. The number of nitrogens with zero attached hydrogens (tertiary/aromatic N) is 4.